The third-order valence-corrected chi connectivity index (χ3v) is 5.00. The van der Waals surface area contributed by atoms with Gasteiger partial charge in [-0.05, 0) is 13.2 Å². The summed E-state index contributed by atoms with van der Waals surface area (Å²) in [4.78, 5) is 0. The Morgan fingerprint density at radius 1 is 1.64 bits per heavy atom. The first-order valence-electron chi connectivity index (χ1n) is 3.26. The zero-order chi connectivity index (χ0) is 8.70. The molecule has 3 unspecified atom stereocenters. The minimum absolute atomic E-state index is 0.283. The molecule has 0 N–H and O–H groups in total. The van der Waals surface area contributed by atoms with E-state index in [0.717, 1.165) is 0 Å². The lowest BCUT2D eigenvalue weighted by molar-refractivity contribution is 0.676. The van der Waals surface area contributed by atoms with Crippen LogP contribution in [0.25, 0.3) is 0 Å². The van der Waals surface area contributed by atoms with Gasteiger partial charge in [0.2, 0.25) is 0 Å². The molecule has 2 nitrogen and oxygen atoms in total. The monoisotopic (exact) mass is 172 g/mol. The van der Waals surface area contributed by atoms with Gasteiger partial charge in [0.25, 0.3) is 0 Å². The van der Waals surface area contributed by atoms with E-state index in [1.165, 1.54) is 6.26 Å². The lowest BCUT2D eigenvalue weighted by Gasteiger charge is -2.12. The van der Waals surface area contributed by atoms with Crippen LogP contribution in [0.5, 0.6) is 0 Å². The van der Waals surface area contributed by atoms with Gasteiger partial charge >= 0.3 is 0 Å². The van der Waals surface area contributed by atoms with Crippen LogP contribution in [0, 0.1) is 28.6 Å². The van der Waals surface area contributed by atoms with Crippen molar-refractivity contribution in [2.24, 2.45) is 5.92 Å². The Morgan fingerprint density at radius 3 is 2.18 bits per heavy atom. The maximum absolute atomic E-state index is 13.3. The molecule has 0 aliphatic carbocycles. The van der Waals surface area contributed by atoms with Gasteiger partial charge in [-0.1, -0.05) is 10.4 Å². The molecule has 0 aromatic rings. The van der Waals surface area contributed by atoms with E-state index >= 15 is 0 Å². The number of hydrogen-bond donors (Lipinski definition) is 0. The summed E-state index contributed by atoms with van der Waals surface area (Å²) in [6.45, 7) is 1.61. The van der Waals surface area contributed by atoms with Crippen molar-refractivity contribution >= 4 is 10.4 Å². The van der Waals surface area contributed by atoms with Crippen LogP contribution in [0.15, 0.2) is 0 Å². The molecule has 1 saturated heterocycles. The predicted octanol–water partition coefficient (Wildman–Crippen LogP) is 1.74. The average molecular weight is 172 g/mol. The second-order valence-electron chi connectivity index (χ2n) is 2.97. The smallest absolute Gasteiger partial charge is 0.137 e. The zero-order valence-electron chi connectivity index (χ0n) is 6.47. The molecule has 0 saturated carbocycles. The van der Waals surface area contributed by atoms with Gasteiger partial charge in [-0.3, -0.25) is 0 Å². The van der Waals surface area contributed by atoms with Crippen LogP contribution in [-0.4, -0.2) is 16.8 Å². The molecule has 0 bridgehead atoms. The van der Waals surface area contributed by atoms with E-state index in [4.69, 9.17) is 10.5 Å². The van der Waals surface area contributed by atoms with Crippen LogP contribution in [0.4, 0.5) is 3.89 Å². The van der Waals surface area contributed by atoms with Crippen molar-refractivity contribution in [2.45, 2.75) is 11.7 Å². The van der Waals surface area contributed by atoms with Crippen LogP contribution < -0.4 is 0 Å². The van der Waals surface area contributed by atoms with Gasteiger partial charge in [0, 0.05) is 5.75 Å². The van der Waals surface area contributed by atoms with Crippen LogP contribution in [0.3, 0.4) is 0 Å². The summed E-state index contributed by atoms with van der Waals surface area (Å²) in [6.07, 6.45) is 1.46. The third kappa shape index (κ3) is 0.902. The van der Waals surface area contributed by atoms with Gasteiger partial charge in [0.05, 0.1) is 18.1 Å². The lowest BCUT2D eigenvalue weighted by Crippen LogP contribution is -2.17. The fraction of sp³-hybridized carbons (Fsp3) is 0.714. The molecule has 1 aliphatic rings. The molecular weight excluding hydrogens is 163 g/mol. The molecule has 60 valence electrons. The Balaban J connectivity index is 2.88. The van der Waals surface area contributed by atoms with Crippen molar-refractivity contribution in [3.05, 3.63) is 0 Å². The number of halogens is 1. The highest BCUT2D eigenvalue weighted by atomic mass is 32.3. The molecule has 0 radical (unpaired) electrons. The zero-order valence-corrected chi connectivity index (χ0v) is 7.28. The standard InChI is InChI=1S/C7H9FN2S/c1-6(3-9)7(4-10)5-11(7,2)8/h6H,5H2,1-2H3. The van der Waals surface area contributed by atoms with Crippen molar-refractivity contribution in [3.63, 3.8) is 0 Å². The topological polar surface area (TPSA) is 47.6 Å². The molecule has 1 rings (SSSR count). The van der Waals surface area contributed by atoms with E-state index < -0.39 is 21.1 Å². The quantitative estimate of drug-likeness (QED) is 0.565. The van der Waals surface area contributed by atoms with Gasteiger partial charge in [-0.2, -0.15) is 14.4 Å². The van der Waals surface area contributed by atoms with E-state index in [0.29, 0.717) is 0 Å². The molecule has 0 aromatic heterocycles. The van der Waals surface area contributed by atoms with Gasteiger partial charge < -0.3 is 0 Å². The van der Waals surface area contributed by atoms with E-state index in [1.54, 1.807) is 6.92 Å². The first-order chi connectivity index (χ1) is 5.00. The highest BCUT2D eigenvalue weighted by Crippen LogP contribution is 2.77. The third-order valence-electron chi connectivity index (χ3n) is 2.24. The molecule has 1 fully saturated rings. The molecule has 1 aliphatic heterocycles. The summed E-state index contributed by atoms with van der Waals surface area (Å²) in [6, 6.07) is 3.87. The summed E-state index contributed by atoms with van der Waals surface area (Å²) in [7, 11) is -2.26. The minimum Gasteiger partial charge on any atom is -0.198 e. The van der Waals surface area contributed by atoms with E-state index in [9.17, 15) is 3.89 Å². The second-order valence-corrected chi connectivity index (χ2v) is 5.95. The maximum Gasteiger partial charge on any atom is 0.137 e. The average Bonchev–Trinajstić information content (AvgIpc) is 2.53. The molecule has 1 heterocycles. The molecule has 3 atom stereocenters. The molecule has 0 aromatic carbocycles. The van der Waals surface area contributed by atoms with Gasteiger partial charge in [0.1, 0.15) is 4.75 Å². The highest BCUT2D eigenvalue weighted by molar-refractivity contribution is 8.36. The summed E-state index contributed by atoms with van der Waals surface area (Å²) in [5, 5.41) is 17.2. The van der Waals surface area contributed by atoms with Crippen LogP contribution in [-0.2, 0) is 0 Å². The first-order valence-corrected chi connectivity index (χ1v) is 5.37. The highest BCUT2D eigenvalue weighted by Gasteiger charge is 2.66. The Kier molecular flexibility index (Phi) is 1.61. The van der Waals surface area contributed by atoms with E-state index in [1.807, 2.05) is 12.1 Å². The fourth-order valence-electron chi connectivity index (χ4n) is 1.20. The van der Waals surface area contributed by atoms with Crippen LogP contribution in [0.1, 0.15) is 6.92 Å². The summed E-state index contributed by atoms with van der Waals surface area (Å²) < 4.78 is 12.3. The van der Waals surface area contributed by atoms with Crippen LogP contribution in [0.2, 0.25) is 0 Å². The fourth-order valence-corrected chi connectivity index (χ4v) is 3.72. The van der Waals surface area contributed by atoms with E-state index in [2.05, 4.69) is 0 Å². The lowest BCUT2D eigenvalue weighted by atomic mass is 9.99. The number of hydrogen-bond acceptors (Lipinski definition) is 2. The molecule has 11 heavy (non-hydrogen) atoms. The molecule has 4 heteroatoms. The summed E-state index contributed by atoms with van der Waals surface area (Å²) >= 11 is 0. The largest absolute Gasteiger partial charge is 0.198 e. The number of rotatable bonds is 1. The minimum atomic E-state index is -2.26. The van der Waals surface area contributed by atoms with Gasteiger partial charge in [-0.15, -0.1) is 0 Å². The molecular formula is C7H9FN2S. The first kappa shape index (κ1) is 8.36. The predicted molar refractivity (Wildman–Crippen MR) is 42.6 cm³/mol. The summed E-state index contributed by atoms with van der Waals surface area (Å²) in [5.74, 6) is -0.192. The van der Waals surface area contributed by atoms with Crippen molar-refractivity contribution in [3.8, 4) is 12.1 Å². The van der Waals surface area contributed by atoms with Crippen molar-refractivity contribution in [1.82, 2.24) is 0 Å². The Labute approximate surface area is 67.2 Å². The molecule has 0 spiro atoms. The van der Waals surface area contributed by atoms with E-state index in [-0.39, 0.29) is 5.75 Å². The maximum atomic E-state index is 13.3. The van der Waals surface area contributed by atoms with Gasteiger partial charge in [0.15, 0.2) is 0 Å². The Morgan fingerprint density at radius 2 is 2.09 bits per heavy atom. The normalized spacial score (nSPS) is 49.5. The second kappa shape index (κ2) is 2.12. The Bertz CT molecular complexity index is 263. The van der Waals surface area contributed by atoms with Crippen molar-refractivity contribution < 1.29 is 3.89 Å². The molecule has 0 amide bonds. The SMILES string of the molecule is CC(C#N)C1(C#N)CS1(C)F. The summed E-state index contributed by atoms with van der Waals surface area (Å²) in [5.41, 5.74) is 0. The Hall–Kier alpha value is -0.740. The number of nitriles is 2. The number of nitrogens with zero attached hydrogens (tertiary/aromatic N) is 2. The van der Waals surface area contributed by atoms with Crippen molar-refractivity contribution in [2.75, 3.05) is 12.0 Å². The van der Waals surface area contributed by atoms with Gasteiger partial charge in [-0.25, -0.2) is 0 Å². The van der Waals surface area contributed by atoms with Crippen molar-refractivity contribution in [1.29, 1.82) is 10.5 Å². The van der Waals surface area contributed by atoms with Crippen LogP contribution >= 0.6 is 10.4 Å².